The van der Waals surface area contributed by atoms with E-state index in [0.29, 0.717) is 11.5 Å². The zero-order valence-electron chi connectivity index (χ0n) is 12.7. The number of carboxylic acids is 1. The SMILES string of the molecule is CCc1nc2cccc(C(=O)O)c2n1CC1CCC(C)C1. The van der Waals surface area contributed by atoms with Gasteiger partial charge in [-0.3, -0.25) is 0 Å². The van der Waals surface area contributed by atoms with Gasteiger partial charge in [0.1, 0.15) is 5.82 Å². The number of hydrogen-bond donors (Lipinski definition) is 1. The van der Waals surface area contributed by atoms with Crippen LogP contribution in [0.25, 0.3) is 11.0 Å². The van der Waals surface area contributed by atoms with Gasteiger partial charge in [-0.2, -0.15) is 0 Å². The maximum Gasteiger partial charge on any atom is 0.337 e. The number of fused-ring (bicyclic) bond motifs is 1. The van der Waals surface area contributed by atoms with E-state index < -0.39 is 5.97 Å². The van der Waals surface area contributed by atoms with Gasteiger partial charge in [-0.15, -0.1) is 0 Å². The molecule has 2 atom stereocenters. The van der Waals surface area contributed by atoms with Crippen molar-refractivity contribution in [2.75, 3.05) is 0 Å². The summed E-state index contributed by atoms with van der Waals surface area (Å²) < 4.78 is 2.15. The van der Waals surface area contributed by atoms with Gasteiger partial charge in [-0.05, 0) is 36.8 Å². The van der Waals surface area contributed by atoms with Crippen LogP contribution in [0.15, 0.2) is 18.2 Å². The smallest absolute Gasteiger partial charge is 0.337 e. The molecule has 2 unspecified atom stereocenters. The largest absolute Gasteiger partial charge is 0.478 e. The Morgan fingerprint density at radius 1 is 1.43 bits per heavy atom. The number of hydrogen-bond acceptors (Lipinski definition) is 2. The lowest BCUT2D eigenvalue weighted by molar-refractivity contribution is 0.0698. The number of aromatic carboxylic acids is 1. The molecule has 1 aliphatic rings. The van der Waals surface area contributed by atoms with Gasteiger partial charge in [0.25, 0.3) is 0 Å². The molecule has 4 heteroatoms. The maximum absolute atomic E-state index is 11.5. The molecule has 0 amide bonds. The molecule has 1 aliphatic carbocycles. The predicted octanol–water partition coefficient (Wildman–Crippen LogP) is 3.73. The van der Waals surface area contributed by atoms with Gasteiger partial charge >= 0.3 is 5.97 Å². The Kier molecular flexibility index (Phi) is 3.70. The monoisotopic (exact) mass is 286 g/mol. The second kappa shape index (κ2) is 5.51. The summed E-state index contributed by atoms with van der Waals surface area (Å²) in [5.74, 6) is 1.56. The minimum Gasteiger partial charge on any atom is -0.478 e. The van der Waals surface area contributed by atoms with Crippen molar-refractivity contribution in [1.29, 1.82) is 0 Å². The summed E-state index contributed by atoms with van der Waals surface area (Å²) in [6.07, 6.45) is 4.58. The summed E-state index contributed by atoms with van der Waals surface area (Å²) >= 11 is 0. The zero-order chi connectivity index (χ0) is 15.0. The van der Waals surface area contributed by atoms with E-state index in [9.17, 15) is 9.90 Å². The Bertz CT molecular complexity index is 675. The third kappa shape index (κ3) is 2.55. The van der Waals surface area contributed by atoms with Crippen molar-refractivity contribution in [3.63, 3.8) is 0 Å². The molecule has 112 valence electrons. The molecule has 1 heterocycles. The molecule has 4 nitrogen and oxygen atoms in total. The summed E-state index contributed by atoms with van der Waals surface area (Å²) in [6, 6.07) is 5.37. The minimum atomic E-state index is -0.871. The lowest BCUT2D eigenvalue weighted by Gasteiger charge is -2.15. The highest BCUT2D eigenvalue weighted by molar-refractivity contribution is 6.01. The Morgan fingerprint density at radius 3 is 2.86 bits per heavy atom. The Hall–Kier alpha value is -1.84. The molecule has 2 aromatic rings. The lowest BCUT2D eigenvalue weighted by Crippen LogP contribution is -2.12. The molecular formula is C17H22N2O2. The number of aryl methyl sites for hydroxylation is 1. The fourth-order valence-electron chi connectivity index (χ4n) is 3.62. The molecule has 0 aliphatic heterocycles. The van der Waals surface area contributed by atoms with Crippen molar-refractivity contribution < 1.29 is 9.90 Å². The van der Waals surface area contributed by atoms with E-state index in [1.54, 1.807) is 12.1 Å². The first-order chi connectivity index (χ1) is 10.1. The van der Waals surface area contributed by atoms with Crippen LogP contribution in [-0.2, 0) is 13.0 Å². The fourth-order valence-corrected chi connectivity index (χ4v) is 3.62. The summed E-state index contributed by atoms with van der Waals surface area (Å²) in [5.41, 5.74) is 1.96. The van der Waals surface area contributed by atoms with Gasteiger partial charge in [0.2, 0.25) is 0 Å². The number of carbonyl (C=O) groups is 1. The van der Waals surface area contributed by atoms with Gasteiger partial charge in [0, 0.05) is 13.0 Å². The molecule has 1 saturated carbocycles. The normalized spacial score (nSPS) is 22.0. The highest BCUT2D eigenvalue weighted by atomic mass is 16.4. The molecule has 1 aromatic carbocycles. The van der Waals surface area contributed by atoms with Crippen LogP contribution in [-0.4, -0.2) is 20.6 Å². The second-order valence-corrected chi connectivity index (χ2v) is 6.25. The molecule has 1 fully saturated rings. The zero-order valence-corrected chi connectivity index (χ0v) is 12.7. The van der Waals surface area contributed by atoms with Crippen LogP contribution >= 0.6 is 0 Å². The average molecular weight is 286 g/mol. The molecule has 3 rings (SSSR count). The molecule has 0 spiro atoms. The Balaban J connectivity index is 2.08. The lowest BCUT2D eigenvalue weighted by atomic mass is 10.1. The topological polar surface area (TPSA) is 55.1 Å². The molecule has 0 bridgehead atoms. The molecule has 0 saturated heterocycles. The van der Waals surface area contributed by atoms with Gasteiger partial charge in [-0.25, -0.2) is 9.78 Å². The first kappa shape index (κ1) is 14.1. The van der Waals surface area contributed by atoms with Crippen molar-refractivity contribution in [3.05, 3.63) is 29.6 Å². The van der Waals surface area contributed by atoms with E-state index in [2.05, 4.69) is 23.4 Å². The summed E-state index contributed by atoms with van der Waals surface area (Å²) in [6.45, 7) is 5.28. The maximum atomic E-state index is 11.5. The predicted molar refractivity (Wildman–Crippen MR) is 82.6 cm³/mol. The Labute approximate surface area is 124 Å². The number of benzene rings is 1. The van der Waals surface area contributed by atoms with Crippen molar-refractivity contribution in [1.82, 2.24) is 9.55 Å². The quantitative estimate of drug-likeness (QED) is 0.931. The molecule has 21 heavy (non-hydrogen) atoms. The van der Waals surface area contributed by atoms with Crippen molar-refractivity contribution >= 4 is 17.0 Å². The van der Waals surface area contributed by atoms with E-state index in [0.717, 1.165) is 35.7 Å². The number of aromatic nitrogens is 2. The van der Waals surface area contributed by atoms with Crippen LogP contribution in [0.4, 0.5) is 0 Å². The van der Waals surface area contributed by atoms with E-state index in [1.165, 1.54) is 19.3 Å². The third-order valence-electron chi connectivity index (χ3n) is 4.64. The molecule has 1 aromatic heterocycles. The number of rotatable bonds is 4. The second-order valence-electron chi connectivity index (χ2n) is 6.25. The minimum absolute atomic E-state index is 0.366. The van der Waals surface area contributed by atoms with Gasteiger partial charge in [0.15, 0.2) is 0 Å². The first-order valence-corrected chi connectivity index (χ1v) is 7.81. The third-order valence-corrected chi connectivity index (χ3v) is 4.64. The molecular weight excluding hydrogens is 264 g/mol. The number of carboxylic acid groups (broad SMARTS) is 1. The van der Waals surface area contributed by atoms with Crippen molar-refractivity contribution in [2.45, 2.75) is 46.1 Å². The van der Waals surface area contributed by atoms with Crippen LogP contribution in [0.1, 0.15) is 49.3 Å². The number of nitrogens with zero attached hydrogens (tertiary/aromatic N) is 2. The molecule has 1 N–H and O–H groups in total. The van der Waals surface area contributed by atoms with Gasteiger partial charge in [-0.1, -0.05) is 26.3 Å². The molecule has 0 radical (unpaired) electrons. The Morgan fingerprint density at radius 2 is 2.24 bits per heavy atom. The number of para-hydroxylation sites is 1. The van der Waals surface area contributed by atoms with Crippen LogP contribution in [0.3, 0.4) is 0 Å². The van der Waals surface area contributed by atoms with Crippen molar-refractivity contribution in [3.8, 4) is 0 Å². The van der Waals surface area contributed by atoms with E-state index in [4.69, 9.17) is 0 Å². The van der Waals surface area contributed by atoms with Crippen LogP contribution in [0.2, 0.25) is 0 Å². The summed E-state index contributed by atoms with van der Waals surface area (Å²) in [4.78, 5) is 16.1. The summed E-state index contributed by atoms with van der Waals surface area (Å²) in [7, 11) is 0. The van der Waals surface area contributed by atoms with Crippen LogP contribution in [0, 0.1) is 11.8 Å². The van der Waals surface area contributed by atoms with E-state index >= 15 is 0 Å². The average Bonchev–Trinajstić information content (AvgIpc) is 3.03. The van der Waals surface area contributed by atoms with Crippen LogP contribution < -0.4 is 0 Å². The fraction of sp³-hybridized carbons (Fsp3) is 0.529. The first-order valence-electron chi connectivity index (χ1n) is 7.81. The van der Waals surface area contributed by atoms with Crippen molar-refractivity contribution in [2.24, 2.45) is 11.8 Å². The number of imidazole rings is 1. The van der Waals surface area contributed by atoms with E-state index in [-0.39, 0.29) is 0 Å². The summed E-state index contributed by atoms with van der Waals surface area (Å²) in [5, 5.41) is 9.45. The van der Waals surface area contributed by atoms with Gasteiger partial charge in [0.05, 0.1) is 16.6 Å². The highest BCUT2D eigenvalue weighted by Crippen LogP contribution is 2.33. The van der Waals surface area contributed by atoms with E-state index in [1.807, 2.05) is 6.07 Å². The van der Waals surface area contributed by atoms with Crippen LogP contribution in [0.5, 0.6) is 0 Å². The standard InChI is InChI=1S/C17H22N2O2/c1-3-15-18-14-6-4-5-13(17(20)21)16(14)19(15)10-12-8-7-11(2)9-12/h4-6,11-12H,3,7-10H2,1-2H3,(H,20,21). The van der Waals surface area contributed by atoms with Gasteiger partial charge < -0.3 is 9.67 Å². The highest BCUT2D eigenvalue weighted by Gasteiger charge is 2.24.